The molecular weight excluding hydrogens is 280 g/mol. The van der Waals surface area contributed by atoms with E-state index in [1.807, 2.05) is 42.5 Å². The highest BCUT2D eigenvalue weighted by molar-refractivity contribution is 5.76. The van der Waals surface area contributed by atoms with Crippen LogP contribution in [0.5, 0.6) is 0 Å². The molecule has 1 aromatic rings. The van der Waals surface area contributed by atoms with E-state index in [9.17, 15) is 9.59 Å². The molecule has 0 saturated carbocycles. The number of hydroxylamine groups is 1. The van der Waals surface area contributed by atoms with E-state index < -0.39 is 0 Å². The fourth-order valence-corrected chi connectivity index (χ4v) is 1.96. The minimum atomic E-state index is -0.366. The van der Waals surface area contributed by atoms with Crippen LogP contribution in [0.4, 0.5) is 0 Å². The second-order valence-corrected chi connectivity index (χ2v) is 5.05. The maximum Gasteiger partial charge on any atom is 0.243 e. The number of rotatable bonds is 10. The molecule has 5 nitrogen and oxygen atoms in total. The van der Waals surface area contributed by atoms with Crippen LogP contribution >= 0.6 is 0 Å². The Morgan fingerprint density at radius 2 is 1.77 bits per heavy atom. The van der Waals surface area contributed by atoms with Gasteiger partial charge in [-0.25, -0.2) is 5.48 Å². The molecule has 0 atom stereocenters. The fraction of sp³-hybridized carbons (Fsp3) is 0.412. The zero-order valence-electron chi connectivity index (χ0n) is 12.8. The first-order valence-corrected chi connectivity index (χ1v) is 7.63. The molecule has 0 unspecified atom stereocenters. The summed E-state index contributed by atoms with van der Waals surface area (Å²) in [6.07, 6.45) is 7.93. The Morgan fingerprint density at radius 3 is 2.50 bits per heavy atom. The third kappa shape index (κ3) is 8.92. The van der Waals surface area contributed by atoms with Gasteiger partial charge in [0.25, 0.3) is 0 Å². The topological polar surface area (TPSA) is 78.4 Å². The third-order valence-corrected chi connectivity index (χ3v) is 3.18. The van der Waals surface area contributed by atoms with Crippen molar-refractivity contribution >= 4 is 17.9 Å². The maximum atomic E-state index is 11.6. The molecule has 0 fully saturated rings. The Morgan fingerprint density at radius 1 is 1.00 bits per heavy atom. The van der Waals surface area contributed by atoms with E-state index in [0.717, 1.165) is 24.8 Å². The van der Waals surface area contributed by atoms with Crippen LogP contribution in [0, 0.1) is 0 Å². The molecule has 0 aliphatic rings. The fourth-order valence-electron chi connectivity index (χ4n) is 1.96. The molecule has 2 amide bonds. The molecule has 0 aliphatic heterocycles. The first kappa shape index (κ1) is 17.9. The highest BCUT2D eigenvalue weighted by Gasteiger charge is 2.00. The Balaban J connectivity index is 2.00. The molecular formula is C17H24N2O3. The normalized spacial score (nSPS) is 10.6. The molecule has 1 rings (SSSR count). The zero-order valence-corrected chi connectivity index (χ0v) is 12.8. The van der Waals surface area contributed by atoms with Crippen molar-refractivity contribution in [2.75, 3.05) is 6.54 Å². The van der Waals surface area contributed by atoms with Gasteiger partial charge in [-0.05, 0) is 24.8 Å². The van der Waals surface area contributed by atoms with E-state index in [1.54, 1.807) is 5.48 Å². The van der Waals surface area contributed by atoms with E-state index >= 15 is 0 Å². The molecule has 1 aromatic carbocycles. The van der Waals surface area contributed by atoms with Crippen molar-refractivity contribution in [2.24, 2.45) is 0 Å². The van der Waals surface area contributed by atoms with E-state index in [0.29, 0.717) is 25.8 Å². The lowest BCUT2D eigenvalue weighted by Crippen LogP contribution is -2.24. The molecule has 0 saturated heterocycles. The quantitative estimate of drug-likeness (QED) is 0.353. The lowest BCUT2D eigenvalue weighted by molar-refractivity contribution is -0.129. The zero-order chi connectivity index (χ0) is 16.0. The number of unbranched alkanes of at least 4 members (excludes halogenated alkanes) is 2. The molecule has 22 heavy (non-hydrogen) atoms. The molecule has 0 spiro atoms. The summed E-state index contributed by atoms with van der Waals surface area (Å²) < 4.78 is 0. The molecule has 0 radical (unpaired) electrons. The summed E-state index contributed by atoms with van der Waals surface area (Å²) in [7, 11) is 0. The van der Waals surface area contributed by atoms with E-state index in [1.165, 1.54) is 0 Å². The van der Waals surface area contributed by atoms with Crippen molar-refractivity contribution in [2.45, 2.75) is 38.5 Å². The summed E-state index contributed by atoms with van der Waals surface area (Å²) in [5.41, 5.74) is 2.73. The monoisotopic (exact) mass is 304 g/mol. The lowest BCUT2D eigenvalue weighted by Gasteiger charge is -2.04. The van der Waals surface area contributed by atoms with Crippen LogP contribution < -0.4 is 10.8 Å². The highest BCUT2D eigenvalue weighted by Crippen LogP contribution is 2.03. The molecule has 5 heteroatoms. The summed E-state index contributed by atoms with van der Waals surface area (Å²) >= 11 is 0. The van der Waals surface area contributed by atoms with Gasteiger partial charge in [-0.15, -0.1) is 0 Å². The SMILES string of the molecule is O=C(CCCCCNC(=O)CC/C=C/c1ccccc1)NO. The molecule has 0 bridgehead atoms. The van der Waals surface area contributed by atoms with E-state index in [-0.39, 0.29) is 11.8 Å². The Kier molecular flexibility index (Phi) is 9.37. The van der Waals surface area contributed by atoms with Gasteiger partial charge in [0.2, 0.25) is 11.8 Å². The third-order valence-electron chi connectivity index (χ3n) is 3.18. The van der Waals surface area contributed by atoms with Crippen LogP contribution in [0.3, 0.4) is 0 Å². The van der Waals surface area contributed by atoms with E-state index in [2.05, 4.69) is 5.32 Å². The molecule has 120 valence electrons. The standard InChI is InChI=1S/C17H24N2O3/c20-16(18-14-8-2-5-13-17(21)19-22)12-7-6-11-15-9-3-1-4-10-15/h1,3-4,6,9-11,22H,2,5,7-8,12-14H2,(H,18,20)(H,19,21)/b11-6+. The summed E-state index contributed by atoms with van der Waals surface area (Å²) in [5.74, 6) is -0.319. The molecule has 0 heterocycles. The van der Waals surface area contributed by atoms with Gasteiger partial charge in [-0.3, -0.25) is 14.8 Å². The average Bonchev–Trinajstić information content (AvgIpc) is 2.55. The van der Waals surface area contributed by atoms with Crippen molar-refractivity contribution in [1.82, 2.24) is 10.8 Å². The van der Waals surface area contributed by atoms with Crippen LogP contribution in [0.15, 0.2) is 36.4 Å². The van der Waals surface area contributed by atoms with Crippen molar-refractivity contribution in [3.8, 4) is 0 Å². The number of nitrogens with one attached hydrogen (secondary N) is 2. The van der Waals surface area contributed by atoms with Crippen molar-refractivity contribution < 1.29 is 14.8 Å². The van der Waals surface area contributed by atoms with Gasteiger partial charge < -0.3 is 5.32 Å². The minimum absolute atomic E-state index is 0.0470. The number of hydrogen-bond acceptors (Lipinski definition) is 3. The van der Waals surface area contributed by atoms with Crippen LogP contribution in [0.2, 0.25) is 0 Å². The minimum Gasteiger partial charge on any atom is -0.356 e. The smallest absolute Gasteiger partial charge is 0.243 e. The number of carbonyl (C=O) groups is 2. The number of carbonyl (C=O) groups excluding carboxylic acids is 2. The molecule has 0 aromatic heterocycles. The Bertz CT molecular complexity index is 472. The summed E-state index contributed by atoms with van der Waals surface area (Å²) in [6.45, 7) is 0.627. The van der Waals surface area contributed by atoms with Crippen LogP contribution in [0.1, 0.15) is 44.1 Å². The second-order valence-electron chi connectivity index (χ2n) is 5.05. The Labute approximate surface area is 131 Å². The lowest BCUT2D eigenvalue weighted by atomic mass is 10.1. The van der Waals surface area contributed by atoms with Gasteiger partial charge in [-0.2, -0.15) is 0 Å². The number of hydrogen-bond donors (Lipinski definition) is 3. The van der Waals surface area contributed by atoms with Gasteiger partial charge in [0.1, 0.15) is 0 Å². The number of benzene rings is 1. The summed E-state index contributed by atoms with van der Waals surface area (Å²) in [4.78, 5) is 22.4. The largest absolute Gasteiger partial charge is 0.356 e. The second kappa shape index (κ2) is 11.5. The molecule has 3 N–H and O–H groups in total. The Hall–Kier alpha value is -2.14. The van der Waals surface area contributed by atoms with Crippen molar-refractivity contribution in [3.05, 3.63) is 42.0 Å². The van der Waals surface area contributed by atoms with Gasteiger partial charge in [-0.1, -0.05) is 48.9 Å². The number of allylic oxidation sites excluding steroid dienone is 1. The summed E-state index contributed by atoms with van der Waals surface area (Å²) in [5, 5.41) is 11.2. The number of amides is 2. The first-order valence-electron chi connectivity index (χ1n) is 7.63. The van der Waals surface area contributed by atoms with Crippen molar-refractivity contribution in [1.29, 1.82) is 0 Å². The van der Waals surface area contributed by atoms with Crippen LogP contribution in [-0.2, 0) is 9.59 Å². The first-order chi connectivity index (χ1) is 10.7. The van der Waals surface area contributed by atoms with Gasteiger partial charge >= 0.3 is 0 Å². The predicted molar refractivity (Wildman–Crippen MR) is 86.1 cm³/mol. The molecule has 0 aliphatic carbocycles. The predicted octanol–water partition coefficient (Wildman–Crippen LogP) is 2.66. The highest BCUT2D eigenvalue weighted by atomic mass is 16.5. The van der Waals surface area contributed by atoms with E-state index in [4.69, 9.17) is 5.21 Å². The average molecular weight is 304 g/mol. The van der Waals surface area contributed by atoms with Gasteiger partial charge in [0.15, 0.2) is 0 Å². The maximum absolute atomic E-state index is 11.6. The van der Waals surface area contributed by atoms with Gasteiger partial charge in [0, 0.05) is 19.4 Å². The summed E-state index contributed by atoms with van der Waals surface area (Å²) in [6, 6.07) is 9.98. The van der Waals surface area contributed by atoms with Crippen LogP contribution in [-0.4, -0.2) is 23.6 Å². The van der Waals surface area contributed by atoms with Crippen LogP contribution in [0.25, 0.3) is 6.08 Å². The van der Waals surface area contributed by atoms with Crippen molar-refractivity contribution in [3.63, 3.8) is 0 Å². The van der Waals surface area contributed by atoms with Gasteiger partial charge in [0.05, 0.1) is 0 Å².